The Balaban J connectivity index is 2.31. The minimum Gasteiger partial charge on any atom is -0.323 e. The zero-order valence-electron chi connectivity index (χ0n) is 7.29. The fourth-order valence-electron chi connectivity index (χ4n) is 1.12. The first-order valence-electron chi connectivity index (χ1n) is 4.01. The third-order valence-electron chi connectivity index (χ3n) is 1.79. The molecule has 0 aliphatic rings. The Kier molecular flexibility index (Phi) is 2.51. The second kappa shape index (κ2) is 3.97. The van der Waals surface area contributed by atoms with Crippen molar-refractivity contribution in [3.8, 4) is 11.3 Å². The standard InChI is InChI=1S/C9H8N4S/c10-11-5-7-1-3-8(4-2-7)9-6-14-13-12-9/h1-6H,10H2. The SMILES string of the molecule is NN=Cc1ccc(-c2csnn2)cc1. The normalized spacial score (nSPS) is 10.9. The number of benzene rings is 1. The molecular formula is C9H8N4S. The molecule has 4 nitrogen and oxygen atoms in total. The molecule has 1 aromatic carbocycles. The second-order valence-corrected chi connectivity index (χ2v) is 3.30. The second-order valence-electron chi connectivity index (χ2n) is 2.69. The molecule has 1 aromatic heterocycles. The molecule has 2 N–H and O–H groups in total. The van der Waals surface area contributed by atoms with E-state index in [9.17, 15) is 0 Å². The molecule has 0 atom stereocenters. The fourth-order valence-corrected chi connectivity index (χ4v) is 1.58. The Hall–Kier alpha value is -1.75. The van der Waals surface area contributed by atoms with Crippen LogP contribution in [0.3, 0.4) is 0 Å². The van der Waals surface area contributed by atoms with E-state index in [1.807, 2.05) is 29.6 Å². The lowest BCUT2D eigenvalue weighted by Crippen LogP contribution is -1.86. The lowest BCUT2D eigenvalue weighted by atomic mass is 10.1. The molecule has 0 saturated heterocycles. The minimum absolute atomic E-state index is 0.895. The molecule has 0 unspecified atom stereocenters. The van der Waals surface area contributed by atoms with Crippen molar-refractivity contribution in [1.29, 1.82) is 0 Å². The first kappa shape index (κ1) is 8.83. The number of hydrogen-bond donors (Lipinski definition) is 1. The van der Waals surface area contributed by atoms with Gasteiger partial charge in [0.2, 0.25) is 0 Å². The zero-order valence-corrected chi connectivity index (χ0v) is 8.11. The van der Waals surface area contributed by atoms with Gasteiger partial charge in [-0.05, 0) is 17.1 Å². The van der Waals surface area contributed by atoms with E-state index < -0.39 is 0 Å². The van der Waals surface area contributed by atoms with Crippen LogP contribution in [0.1, 0.15) is 5.56 Å². The Morgan fingerprint density at radius 1 is 1.29 bits per heavy atom. The van der Waals surface area contributed by atoms with Gasteiger partial charge in [0.25, 0.3) is 0 Å². The molecule has 0 bridgehead atoms. The van der Waals surface area contributed by atoms with Crippen LogP contribution in [0.25, 0.3) is 11.3 Å². The highest BCUT2D eigenvalue weighted by Crippen LogP contribution is 2.17. The summed E-state index contributed by atoms with van der Waals surface area (Å²) in [5, 5.41) is 9.33. The van der Waals surface area contributed by atoms with Crippen molar-refractivity contribution in [2.45, 2.75) is 0 Å². The molecule has 0 spiro atoms. The van der Waals surface area contributed by atoms with Gasteiger partial charge in [0.1, 0.15) is 5.69 Å². The largest absolute Gasteiger partial charge is 0.323 e. The van der Waals surface area contributed by atoms with Gasteiger partial charge in [0.05, 0.1) is 6.21 Å². The van der Waals surface area contributed by atoms with Crippen LogP contribution < -0.4 is 5.84 Å². The van der Waals surface area contributed by atoms with Gasteiger partial charge in [-0.1, -0.05) is 28.8 Å². The van der Waals surface area contributed by atoms with E-state index in [1.54, 1.807) is 6.21 Å². The van der Waals surface area contributed by atoms with Crippen LogP contribution in [-0.4, -0.2) is 15.8 Å². The van der Waals surface area contributed by atoms with Crippen molar-refractivity contribution in [2.24, 2.45) is 10.9 Å². The van der Waals surface area contributed by atoms with Crippen LogP contribution in [0.2, 0.25) is 0 Å². The topological polar surface area (TPSA) is 64.2 Å². The van der Waals surface area contributed by atoms with Gasteiger partial charge in [0, 0.05) is 10.9 Å². The smallest absolute Gasteiger partial charge is 0.105 e. The first-order chi connectivity index (χ1) is 6.90. The Morgan fingerprint density at radius 2 is 2.07 bits per heavy atom. The van der Waals surface area contributed by atoms with E-state index in [1.165, 1.54) is 11.5 Å². The Morgan fingerprint density at radius 3 is 2.64 bits per heavy atom. The van der Waals surface area contributed by atoms with E-state index in [-0.39, 0.29) is 0 Å². The van der Waals surface area contributed by atoms with Gasteiger partial charge in [0.15, 0.2) is 0 Å². The van der Waals surface area contributed by atoms with E-state index in [4.69, 9.17) is 5.84 Å². The summed E-state index contributed by atoms with van der Waals surface area (Å²) >= 11 is 1.34. The highest BCUT2D eigenvalue weighted by Gasteiger charge is 1.99. The van der Waals surface area contributed by atoms with Gasteiger partial charge < -0.3 is 5.84 Å². The number of aromatic nitrogens is 2. The van der Waals surface area contributed by atoms with E-state index >= 15 is 0 Å². The zero-order chi connectivity index (χ0) is 9.80. The van der Waals surface area contributed by atoms with Gasteiger partial charge in [-0.3, -0.25) is 0 Å². The summed E-state index contributed by atoms with van der Waals surface area (Å²) in [5.74, 6) is 5.04. The summed E-state index contributed by atoms with van der Waals surface area (Å²) < 4.78 is 3.80. The maximum atomic E-state index is 5.04. The molecule has 5 heteroatoms. The van der Waals surface area contributed by atoms with Gasteiger partial charge >= 0.3 is 0 Å². The molecule has 0 fully saturated rings. The first-order valence-corrected chi connectivity index (χ1v) is 4.84. The molecule has 0 aliphatic heterocycles. The predicted octanol–water partition coefficient (Wildman–Crippen LogP) is 1.50. The maximum absolute atomic E-state index is 5.04. The minimum atomic E-state index is 0.895. The predicted molar refractivity (Wildman–Crippen MR) is 57.1 cm³/mol. The lowest BCUT2D eigenvalue weighted by Gasteiger charge is -1.95. The van der Waals surface area contributed by atoms with E-state index in [2.05, 4.69) is 14.7 Å². The molecule has 70 valence electrons. The molecule has 0 aliphatic carbocycles. The van der Waals surface area contributed by atoms with Gasteiger partial charge in [-0.25, -0.2) is 0 Å². The van der Waals surface area contributed by atoms with E-state index in [0.717, 1.165) is 16.8 Å². The molecule has 0 saturated carbocycles. The van der Waals surface area contributed by atoms with Crippen molar-refractivity contribution >= 4 is 17.7 Å². The van der Waals surface area contributed by atoms with Crippen LogP contribution in [0, 0.1) is 0 Å². The average Bonchev–Trinajstić information content (AvgIpc) is 2.72. The third kappa shape index (κ3) is 1.77. The summed E-state index contributed by atoms with van der Waals surface area (Å²) in [4.78, 5) is 0. The molecule has 2 aromatic rings. The van der Waals surface area contributed by atoms with Crippen LogP contribution in [0.5, 0.6) is 0 Å². The highest BCUT2D eigenvalue weighted by molar-refractivity contribution is 7.03. The Bertz CT molecular complexity index is 419. The number of rotatable bonds is 2. The molecule has 0 amide bonds. The van der Waals surface area contributed by atoms with Crippen molar-refractivity contribution in [1.82, 2.24) is 9.59 Å². The number of nitrogens with two attached hydrogens (primary N) is 1. The summed E-state index contributed by atoms with van der Waals surface area (Å²) in [6.45, 7) is 0. The average molecular weight is 204 g/mol. The third-order valence-corrected chi connectivity index (χ3v) is 2.29. The monoisotopic (exact) mass is 204 g/mol. The highest BCUT2D eigenvalue weighted by atomic mass is 32.1. The summed E-state index contributed by atoms with van der Waals surface area (Å²) in [6, 6.07) is 7.80. The summed E-state index contributed by atoms with van der Waals surface area (Å²) in [7, 11) is 0. The molecule has 2 rings (SSSR count). The molecule has 14 heavy (non-hydrogen) atoms. The van der Waals surface area contributed by atoms with Crippen molar-refractivity contribution in [2.75, 3.05) is 0 Å². The maximum Gasteiger partial charge on any atom is 0.105 e. The van der Waals surface area contributed by atoms with Crippen LogP contribution >= 0.6 is 11.5 Å². The Labute approximate surface area is 85.2 Å². The summed E-state index contributed by atoms with van der Waals surface area (Å²) in [6.07, 6.45) is 1.60. The van der Waals surface area contributed by atoms with Crippen LogP contribution in [0.15, 0.2) is 34.7 Å². The van der Waals surface area contributed by atoms with Crippen LogP contribution in [0.4, 0.5) is 0 Å². The van der Waals surface area contributed by atoms with E-state index in [0.29, 0.717) is 0 Å². The quantitative estimate of drug-likeness (QED) is 0.458. The van der Waals surface area contributed by atoms with Crippen molar-refractivity contribution in [3.63, 3.8) is 0 Å². The lowest BCUT2D eigenvalue weighted by molar-refractivity contribution is 1.16. The van der Waals surface area contributed by atoms with Crippen LogP contribution in [-0.2, 0) is 0 Å². The van der Waals surface area contributed by atoms with Gasteiger partial charge in [-0.2, -0.15) is 5.10 Å². The number of hydrogen-bond acceptors (Lipinski definition) is 5. The molecule has 1 heterocycles. The fraction of sp³-hybridized carbons (Fsp3) is 0. The number of hydrazone groups is 1. The summed E-state index contributed by atoms with van der Waals surface area (Å²) in [5.41, 5.74) is 2.92. The van der Waals surface area contributed by atoms with Crippen molar-refractivity contribution in [3.05, 3.63) is 35.2 Å². The number of nitrogens with zero attached hydrogens (tertiary/aromatic N) is 3. The molecular weight excluding hydrogens is 196 g/mol. The van der Waals surface area contributed by atoms with Crippen molar-refractivity contribution < 1.29 is 0 Å². The molecule has 0 radical (unpaired) electrons. The van der Waals surface area contributed by atoms with Gasteiger partial charge in [-0.15, -0.1) is 5.10 Å².